The third kappa shape index (κ3) is 6.93. The summed E-state index contributed by atoms with van der Waals surface area (Å²) in [7, 11) is 0. The van der Waals surface area contributed by atoms with Crippen molar-refractivity contribution in [2.45, 2.75) is 87.2 Å². The van der Waals surface area contributed by atoms with Gasteiger partial charge in [0, 0.05) is 55.7 Å². The molecule has 1 aromatic heterocycles. The molecule has 0 N–H and O–H groups in total. The van der Waals surface area contributed by atoms with Crippen LogP contribution in [0.25, 0.3) is 10.8 Å². The quantitative estimate of drug-likeness (QED) is 0.186. The van der Waals surface area contributed by atoms with Crippen LogP contribution < -0.4 is 14.5 Å². The van der Waals surface area contributed by atoms with E-state index in [9.17, 15) is 18.8 Å². The van der Waals surface area contributed by atoms with Gasteiger partial charge in [-0.1, -0.05) is 36.9 Å². The molecule has 12 heteroatoms. The minimum Gasteiger partial charge on any atom is -0.462 e. The molecule has 1 aliphatic carbocycles. The van der Waals surface area contributed by atoms with Crippen LogP contribution in [-0.2, 0) is 22.5 Å². The Morgan fingerprint density at radius 1 is 1.14 bits per heavy atom. The van der Waals surface area contributed by atoms with Gasteiger partial charge in [0.15, 0.2) is 0 Å². The van der Waals surface area contributed by atoms with Crippen LogP contribution in [0.3, 0.4) is 0 Å². The molecule has 258 valence electrons. The number of benzene rings is 2. The number of hydrogen-bond donors (Lipinski definition) is 0. The first kappa shape index (κ1) is 33.5. The van der Waals surface area contributed by atoms with Crippen LogP contribution in [-0.4, -0.2) is 81.8 Å². The Kier molecular flexibility index (Phi) is 9.17. The van der Waals surface area contributed by atoms with Gasteiger partial charge in [-0.3, -0.25) is 4.79 Å². The van der Waals surface area contributed by atoms with Crippen LogP contribution in [0.15, 0.2) is 49.1 Å². The lowest BCUT2D eigenvalue weighted by Gasteiger charge is -2.42. The van der Waals surface area contributed by atoms with E-state index in [2.05, 4.69) is 65.8 Å². The molecule has 2 aromatic carbocycles. The van der Waals surface area contributed by atoms with Gasteiger partial charge in [-0.15, -0.1) is 11.8 Å². The van der Waals surface area contributed by atoms with E-state index in [-0.39, 0.29) is 48.6 Å². The van der Waals surface area contributed by atoms with Gasteiger partial charge in [-0.25, -0.2) is 8.78 Å². The normalized spacial score (nSPS) is 25.1. The maximum atomic E-state index is 13.7. The fourth-order valence-electron chi connectivity index (χ4n) is 7.57. The summed E-state index contributed by atoms with van der Waals surface area (Å²) >= 11 is 1.64. The lowest BCUT2D eigenvalue weighted by atomic mass is 9.94. The van der Waals surface area contributed by atoms with Gasteiger partial charge in [0.2, 0.25) is 11.8 Å². The Bertz CT molecular complexity index is 1790. The molecular formula is C37H42F2N6O3S. The summed E-state index contributed by atoms with van der Waals surface area (Å²) < 4.78 is 40.0. The molecule has 0 bridgehead atoms. The van der Waals surface area contributed by atoms with Crippen LogP contribution in [0, 0.1) is 18.3 Å². The van der Waals surface area contributed by atoms with Crippen LogP contribution >= 0.6 is 11.8 Å². The second-order valence-corrected chi connectivity index (χ2v) is 15.3. The highest BCUT2D eigenvalue weighted by molar-refractivity contribution is 8.08. The standard InChI is InChI=1S/C37H42F2N6O3S/c1-4-32(46)45-20-19-44(21-26(45)13-17-40)34-28-14-18-43(30-10-6-9-25-8-5-7-24(2)33(25)30)22-29(28)41-35(42-34)47-23-31-36(3,49-31)48-27-11-15-37(38,39)16-12-27/h4-10,26-27,31H,1,11-16,18-23H2,2-3H3/t26-,31?,36-/m0/s1. The van der Waals surface area contributed by atoms with Crippen molar-refractivity contribution >= 4 is 39.9 Å². The zero-order valence-electron chi connectivity index (χ0n) is 28.0. The number of nitriles is 1. The van der Waals surface area contributed by atoms with Crippen molar-refractivity contribution in [3.8, 4) is 12.1 Å². The number of amides is 1. The first-order valence-electron chi connectivity index (χ1n) is 17.1. The summed E-state index contributed by atoms with van der Waals surface area (Å²) in [6, 6.07) is 15.0. The van der Waals surface area contributed by atoms with Crippen molar-refractivity contribution in [2.24, 2.45) is 0 Å². The summed E-state index contributed by atoms with van der Waals surface area (Å²) in [6.07, 6.45) is 2.52. The van der Waals surface area contributed by atoms with Crippen LogP contribution in [0.5, 0.6) is 6.01 Å². The van der Waals surface area contributed by atoms with Gasteiger partial charge in [-0.2, -0.15) is 15.2 Å². The largest absolute Gasteiger partial charge is 0.462 e. The monoisotopic (exact) mass is 688 g/mol. The van der Waals surface area contributed by atoms with Crippen LogP contribution in [0.4, 0.5) is 20.3 Å². The average Bonchev–Trinajstić information content (AvgIpc) is 3.75. The molecule has 49 heavy (non-hydrogen) atoms. The van der Waals surface area contributed by atoms with E-state index in [1.807, 2.05) is 6.92 Å². The fourth-order valence-corrected chi connectivity index (χ4v) is 8.52. The first-order chi connectivity index (χ1) is 23.6. The van der Waals surface area contributed by atoms with Crippen molar-refractivity contribution in [1.82, 2.24) is 14.9 Å². The van der Waals surface area contributed by atoms with Crippen molar-refractivity contribution in [3.63, 3.8) is 0 Å². The van der Waals surface area contributed by atoms with Gasteiger partial charge in [0.05, 0.1) is 42.1 Å². The summed E-state index contributed by atoms with van der Waals surface area (Å²) in [5.74, 6) is -1.98. The van der Waals surface area contributed by atoms with Crippen molar-refractivity contribution in [1.29, 1.82) is 5.26 Å². The smallest absolute Gasteiger partial charge is 0.318 e. The highest BCUT2D eigenvalue weighted by atomic mass is 32.2. The number of thioether (sulfide) groups is 1. The molecular weight excluding hydrogens is 647 g/mol. The van der Waals surface area contributed by atoms with E-state index in [4.69, 9.17) is 19.4 Å². The third-order valence-electron chi connectivity index (χ3n) is 10.4. The summed E-state index contributed by atoms with van der Waals surface area (Å²) in [5, 5.41) is 12.0. The predicted molar refractivity (Wildman–Crippen MR) is 187 cm³/mol. The molecule has 7 rings (SSSR count). The number of hydrogen-bond acceptors (Lipinski definition) is 9. The van der Waals surface area contributed by atoms with Gasteiger partial charge < -0.3 is 24.2 Å². The molecule has 0 spiro atoms. The van der Waals surface area contributed by atoms with E-state index < -0.39 is 10.9 Å². The molecule has 9 nitrogen and oxygen atoms in total. The molecule has 2 saturated heterocycles. The minimum atomic E-state index is -2.59. The van der Waals surface area contributed by atoms with Crippen LogP contribution in [0.1, 0.15) is 55.8 Å². The second kappa shape index (κ2) is 13.4. The van der Waals surface area contributed by atoms with E-state index in [0.29, 0.717) is 45.6 Å². The lowest BCUT2D eigenvalue weighted by Crippen LogP contribution is -2.55. The molecule has 3 fully saturated rings. The number of alkyl halides is 2. The Balaban J connectivity index is 1.14. The number of piperazine rings is 1. The summed E-state index contributed by atoms with van der Waals surface area (Å²) in [6.45, 7) is 11.0. The zero-order chi connectivity index (χ0) is 34.3. The number of fused-ring (bicyclic) bond motifs is 2. The lowest BCUT2D eigenvalue weighted by molar-refractivity contribution is -0.128. The molecule has 3 aromatic rings. The molecule has 1 saturated carbocycles. The van der Waals surface area contributed by atoms with E-state index in [1.54, 1.807) is 16.7 Å². The number of halogens is 2. The third-order valence-corrected chi connectivity index (χ3v) is 11.8. The molecule has 4 heterocycles. The second-order valence-electron chi connectivity index (χ2n) is 13.7. The SMILES string of the molecule is C=CC(=O)N1CCN(c2nc(OCC3S[C@]3(C)OC3CCC(F)(F)CC3)nc3c2CCN(c2cccc4cccc(C)c24)C3)C[C@@H]1CC#N. The number of ether oxygens (including phenoxy) is 2. The van der Waals surface area contributed by atoms with Gasteiger partial charge in [-0.05, 0) is 56.2 Å². The van der Waals surface area contributed by atoms with E-state index in [1.165, 1.54) is 22.4 Å². The summed E-state index contributed by atoms with van der Waals surface area (Å²) in [4.78, 5) is 28.3. The average molecular weight is 689 g/mol. The Hall–Kier alpha value is -3.95. The Morgan fingerprint density at radius 3 is 2.67 bits per heavy atom. The van der Waals surface area contributed by atoms with Crippen molar-refractivity contribution in [3.05, 3.63) is 65.9 Å². The van der Waals surface area contributed by atoms with Gasteiger partial charge >= 0.3 is 6.01 Å². The topological polar surface area (TPSA) is 94.8 Å². The first-order valence-corrected chi connectivity index (χ1v) is 18.0. The highest BCUT2D eigenvalue weighted by Gasteiger charge is 2.55. The number of carbonyl (C=O) groups is 1. The van der Waals surface area contributed by atoms with E-state index in [0.717, 1.165) is 35.7 Å². The maximum Gasteiger partial charge on any atom is 0.318 e. The summed E-state index contributed by atoms with van der Waals surface area (Å²) in [5.41, 5.74) is 4.33. The number of carbonyl (C=O) groups excluding carboxylic acids is 1. The molecule has 3 aliphatic heterocycles. The van der Waals surface area contributed by atoms with E-state index >= 15 is 0 Å². The Morgan fingerprint density at radius 2 is 1.92 bits per heavy atom. The maximum absolute atomic E-state index is 13.7. The molecule has 0 radical (unpaired) electrons. The minimum absolute atomic E-state index is 0.0293. The zero-order valence-corrected chi connectivity index (χ0v) is 28.9. The number of rotatable bonds is 9. The number of aromatic nitrogens is 2. The molecule has 4 aliphatic rings. The van der Waals surface area contributed by atoms with Crippen molar-refractivity contribution in [2.75, 3.05) is 42.6 Å². The number of anilines is 2. The number of nitrogens with zero attached hydrogens (tertiary/aromatic N) is 6. The van der Waals surface area contributed by atoms with Gasteiger partial charge in [0.25, 0.3) is 0 Å². The molecule has 3 atom stereocenters. The predicted octanol–water partition coefficient (Wildman–Crippen LogP) is 6.42. The highest BCUT2D eigenvalue weighted by Crippen LogP contribution is 2.56. The number of aryl methyl sites for hydroxylation is 1. The van der Waals surface area contributed by atoms with Gasteiger partial charge in [0.1, 0.15) is 17.4 Å². The van der Waals surface area contributed by atoms with Crippen molar-refractivity contribution < 1.29 is 23.0 Å². The fraction of sp³-hybridized carbons (Fsp3) is 0.514. The Labute approximate surface area is 290 Å². The van der Waals surface area contributed by atoms with Crippen LogP contribution in [0.2, 0.25) is 0 Å². The molecule has 1 unspecified atom stereocenters. The molecule has 1 amide bonds.